The predicted octanol–water partition coefficient (Wildman–Crippen LogP) is 4.47. The van der Waals surface area contributed by atoms with Crippen LogP contribution in [0.2, 0.25) is 5.02 Å². The van der Waals surface area contributed by atoms with E-state index in [-0.39, 0.29) is 29.5 Å². The number of aromatic amines is 1. The van der Waals surface area contributed by atoms with Crippen LogP contribution in [-0.2, 0) is 0 Å². The molecule has 2 aromatic carbocycles. The number of aromatic nitrogens is 2. The first kappa shape index (κ1) is 20.3. The zero-order chi connectivity index (χ0) is 21.0. The Balaban J connectivity index is 1.74. The summed E-state index contributed by atoms with van der Waals surface area (Å²) in [5.41, 5.74) is 2.47. The largest absolute Gasteiger partial charge is 0.340 e. The van der Waals surface area contributed by atoms with Crippen molar-refractivity contribution in [2.24, 2.45) is 0 Å². The summed E-state index contributed by atoms with van der Waals surface area (Å²) in [6.07, 6.45) is 1.57. The molecule has 1 aromatic heterocycles. The van der Waals surface area contributed by atoms with Crippen molar-refractivity contribution < 1.29 is 14.4 Å². The highest BCUT2D eigenvalue weighted by atomic mass is 35.5. The number of imidazole rings is 1. The number of aryl methyl sites for hydroxylation is 1. The lowest BCUT2D eigenvalue weighted by Crippen LogP contribution is -2.17. The summed E-state index contributed by atoms with van der Waals surface area (Å²) in [4.78, 5) is 43.4. The topological polar surface area (TPSA) is 104 Å². The van der Waals surface area contributed by atoms with Gasteiger partial charge in [0.1, 0.15) is 11.4 Å². The Hall–Kier alpha value is -3.45. The number of anilines is 2. The number of Topliss-reactive ketones (excluding diaryl/α,β-unsaturated/α-hetero) is 1. The Morgan fingerprint density at radius 3 is 2.52 bits per heavy atom. The number of nitrogens with one attached hydrogen (secondary N) is 3. The van der Waals surface area contributed by atoms with Crippen molar-refractivity contribution in [2.75, 3.05) is 10.6 Å². The molecule has 0 fully saturated rings. The van der Waals surface area contributed by atoms with Crippen LogP contribution in [0.5, 0.6) is 0 Å². The molecular weight excluding hydrogens is 392 g/mol. The standard InChI is InChI=1S/C21H19ClN4O3/c1-3-17(27)18-19(24-11-23-18)21(29)25-13-8-9-16(12(2)10-13)26-20(28)14-6-4-5-7-15(14)22/h4-11H,3H2,1-2H3,(H,23,24)(H,25,29)(H,26,28). The van der Waals surface area contributed by atoms with Crippen molar-refractivity contribution in [3.63, 3.8) is 0 Å². The highest BCUT2D eigenvalue weighted by Crippen LogP contribution is 2.23. The number of hydrogen-bond acceptors (Lipinski definition) is 4. The van der Waals surface area contributed by atoms with E-state index in [0.717, 1.165) is 5.56 Å². The first-order valence-electron chi connectivity index (χ1n) is 8.95. The van der Waals surface area contributed by atoms with Gasteiger partial charge in [0.15, 0.2) is 5.78 Å². The van der Waals surface area contributed by atoms with Crippen LogP contribution in [0.3, 0.4) is 0 Å². The van der Waals surface area contributed by atoms with Gasteiger partial charge in [0.05, 0.1) is 16.9 Å². The Morgan fingerprint density at radius 2 is 1.83 bits per heavy atom. The third kappa shape index (κ3) is 4.52. The van der Waals surface area contributed by atoms with E-state index in [2.05, 4.69) is 20.6 Å². The van der Waals surface area contributed by atoms with E-state index in [9.17, 15) is 14.4 Å². The summed E-state index contributed by atoms with van der Waals surface area (Å²) in [5.74, 6) is -1.01. The van der Waals surface area contributed by atoms with Crippen LogP contribution in [0.4, 0.5) is 11.4 Å². The molecule has 0 saturated carbocycles. The number of H-pyrrole nitrogens is 1. The van der Waals surface area contributed by atoms with Gasteiger partial charge in [0.25, 0.3) is 11.8 Å². The molecule has 0 saturated heterocycles. The number of hydrogen-bond donors (Lipinski definition) is 3. The van der Waals surface area contributed by atoms with Gasteiger partial charge in [-0.25, -0.2) is 4.98 Å². The van der Waals surface area contributed by atoms with Crippen molar-refractivity contribution in [3.05, 3.63) is 76.3 Å². The summed E-state index contributed by atoms with van der Waals surface area (Å²) in [6, 6.07) is 11.8. The van der Waals surface area contributed by atoms with E-state index in [1.165, 1.54) is 6.33 Å². The van der Waals surface area contributed by atoms with Gasteiger partial charge in [-0.2, -0.15) is 0 Å². The minimum Gasteiger partial charge on any atom is -0.340 e. The summed E-state index contributed by atoms with van der Waals surface area (Å²) in [7, 11) is 0. The average molecular weight is 411 g/mol. The lowest BCUT2D eigenvalue weighted by molar-refractivity contribution is 0.0963. The van der Waals surface area contributed by atoms with Gasteiger partial charge in [0.2, 0.25) is 0 Å². The van der Waals surface area contributed by atoms with Crippen molar-refractivity contribution in [1.82, 2.24) is 9.97 Å². The molecule has 0 unspecified atom stereocenters. The minimum absolute atomic E-state index is 0.116. The molecule has 0 aliphatic heterocycles. The number of halogens is 1. The van der Waals surface area contributed by atoms with Gasteiger partial charge < -0.3 is 15.6 Å². The third-order valence-electron chi connectivity index (χ3n) is 4.30. The molecule has 7 nitrogen and oxygen atoms in total. The molecule has 0 atom stereocenters. The van der Waals surface area contributed by atoms with E-state index in [1.54, 1.807) is 56.3 Å². The summed E-state index contributed by atoms with van der Waals surface area (Å²) in [5, 5.41) is 5.90. The number of rotatable bonds is 6. The SMILES string of the molecule is CCC(=O)c1nc[nH]c1C(=O)Nc1ccc(NC(=O)c2ccccc2Cl)c(C)c1. The van der Waals surface area contributed by atoms with E-state index in [0.29, 0.717) is 22.0 Å². The Labute approximate surface area is 172 Å². The highest BCUT2D eigenvalue weighted by Gasteiger charge is 2.19. The Morgan fingerprint density at radius 1 is 1.07 bits per heavy atom. The first-order valence-corrected chi connectivity index (χ1v) is 9.33. The number of ketones is 1. The monoisotopic (exact) mass is 410 g/mol. The minimum atomic E-state index is -0.466. The van der Waals surface area contributed by atoms with Gasteiger partial charge in [-0.1, -0.05) is 30.7 Å². The van der Waals surface area contributed by atoms with Crippen LogP contribution in [0.25, 0.3) is 0 Å². The fraction of sp³-hybridized carbons (Fsp3) is 0.143. The Bertz CT molecular complexity index is 1090. The van der Waals surface area contributed by atoms with E-state index >= 15 is 0 Å². The number of carbonyl (C=O) groups is 3. The normalized spacial score (nSPS) is 10.4. The number of carbonyl (C=O) groups excluding carboxylic acids is 3. The molecule has 3 rings (SSSR count). The number of nitrogens with zero attached hydrogens (tertiary/aromatic N) is 1. The van der Waals surface area contributed by atoms with Gasteiger partial charge >= 0.3 is 0 Å². The second kappa shape index (κ2) is 8.70. The zero-order valence-electron chi connectivity index (χ0n) is 15.9. The molecule has 0 aliphatic rings. The molecular formula is C21H19ClN4O3. The second-order valence-electron chi connectivity index (χ2n) is 6.32. The van der Waals surface area contributed by atoms with Crippen LogP contribution in [0.1, 0.15) is 50.2 Å². The third-order valence-corrected chi connectivity index (χ3v) is 4.63. The van der Waals surface area contributed by atoms with Gasteiger partial charge in [-0.3, -0.25) is 14.4 Å². The average Bonchev–Trinajstić information content (AvgIpc) is 3.19. The van der Waals surface area contributed by atoms with Gasteiger partial charge in [0, 0.05) is 17.8 Å². The van der Waals surface area contributed by atoms with E-state index in [4.69, 9.17) is 11.6 Å². The quantitative estimate of drug-likeness (QED) is 0.521. The predicted molar refractivity (Wildman–Crippen MR) is 112 cm³/mol. The van der Waals surface area contributed by atoms with Gasteiger partial charge in [-0.15, -0.1) is 0 Å². The lowest BCUT2D eigenvalue weighted by atomic mass is 10.1. The molecule has 8 heteroatoms. The van der Waals surface area contributed by atoms with Crippen LogP contribution in [0, 0.1) is 6.92 Å². The van der Waals surface area contributed by atoms with Crippen LogP contribution < -0.4 is 10.6 Å². The Kier molecular flexibility index (Phi) is 6.09. The van der Waals surface area contributed by atoms with Gasteiger partial charge in [-0.05, 0) is 42.8 Å². The fourth-order valence-electron chi connectivity index (χ4n) is 2.76. The molecule has 1 heterocycles. The van der Waals surface area contributed by atoms with Crippen molar-refractivity contribution in [2.45, 2.75) is 20.3 Å². The van der Waals surface area contributed by atoms with E-state index in [1.807, 2.05) is 0 Å². The number of amides is 2. The van der Waals surface area contributed by atoms with Crippen LogP contribution in [-0.4, -0.2) is 27.6 Å². The smallest absolute Gasteiger partial charge is 0.274 e. The highest BCUT2D eigenvalue weighted by molar-refractivity contribution is 6.34. The van der Waals surface area contributed by atoms with Crippen LogP contribution >= 0.6 is 11.6 Å². The summed E-state index contributed by atoms with van der Waals surface area (Å²) in [6.45, 7) is 3.51. The molecule has 0 spiro atoms. The first-order chi connectivity index (χ1) is 13.9. The molecule has 0 bridgehead atoms. The van der Waals surface area contributed by atoms with E-state index < -0.39 is 5.91 Å². The maximum Gasteiger partial charge on any atom is 0.274 e. The fourth-order valence-corrected chi connectivity index (χ4v) is 2.98. The molecule has 3 aromatic rings. The molecule has 0 aliphatic carbocycles. The van der Waals surface area contributed by atoms with Crippen molar-refractivity contribution >= 4 is 40.6 Å². The zero-order valence-corrected chi connectivity index (χ0v) is 16.6. The lowest BCUT2D eigenvalue weighted by Gasteiger charge is -2.12. The molecule has 148 valence electrons. The number of benzene rings is 2. The molecule has 2 amide bonds. The summed E-state index contributed by atoms with van der Waals surface area (Å²) < 4.78 is 0. The second-order valence-corrected chi connectivity index (χ2v) is 6.73. The van der Waals surface area contributed by atoms with Crippen LogP contribution in [0.15, 0.2) is 48.8 Å². The maximum absolute atomic E-state index is 12.5. The maximum atomic E-state index is 12.5. The summed E-state index contributed by atoms with van der Waals surface area (Å²) >= 11 is 6.06. The van der Waals surface area contributed by atoms with Crippen molar-refractivity contribution in [3.8, 4) is 0 Å². The van der Waals surface area contributed by atoms with Crippen molar-refractivity contribution in [1.29, 1.82) is 0 Å². The molecule has 3 N–H and O–H groups in total. The molecule has 0 radical (unpaired) electrons. The molecule has 29 heavy (non-hydrogen) atoms.